The van der Waals surface area contributed by atoms with Crippen molar-refractivity contribution < 1.29 is 18.3 Å². The number of hydrogen-bond donors (Lipinski definition) is 2. The van der Waals surface area contributed by atoms with E-state index in [4.69, 9.17) is 25.2 Å². The first-order valence-corrected chi connectivity index (χ1v) is 14.4. The molecule has 39 heavy (non-hydrogen) atoms. The molecular weight excluding hydrogens is 502 g/mol. The molecule has 1 aromatic carbocycles. The van der Waals surface area contributed by atoms with Gasteiger partial charge in [-0.1, -0.05) is 0 Å². The van der Waals surface area contributed by atoms with Crippen LogP contribution in [0.2, 0.25) is 0 Å². The number of benzene rings is 1. The van der Waals surface area contributed by atoms with Crippen LogP contribution in [0.3, 0.4) is 0 Å². The minimum Gasteiger partial charge on any atom is -0.461 e. The van der Waals surface area contributed by atoms with Gasteiger partial charge in [-0.2, -0.15) is 9.97 Å². The van der Waals surface area contributed by atoms with Crippen molar-refractivity contribution in [2.75, 3.05) is 43.4 Å². The number of nitrogens with zero attached hydrogens (tertiary/aromatic N) is 4. The summed E-state index contributed by atoms with van der Waals surface area (Å²) in [5.74, 6) is 0.432. The van der Waals surface area contributed by atoms with Gasteiger partial charge in [0.1, 0.15) is 18.6 Å². The largest absolute Gasteiger partial charge is 0.461 e. The van der Waals surface area contributed by atoms with Crippen LogP contribution in [0, 0.1) is 19.7 Å². The third-order valence-electron chi connectivity index (χ3n) is 9.78. The molecule has 6 heterocycles. The van der Waals surface area contributed by atoms with Gasteiger partial charge in [0.05, 0.1) is 29.6 Å². The van der Waals surface area contributed by atoms with Crippen LogP contribution >= 0.6 is 0 Å². The zero-order valence-electron chi connectivity index (χ0n) is 22.8. The number of ether oxygens (including phenoxy) is 2. The summed E-state index contributed by atoms with van der Waals surface area (Å²) < 4.78 is 42.3. The van der Waals surface area contributed by atoms with Crippen LogP contribution < -0.4 is 20.7 Å². The Morgan fingerprint density at radius 3 is 2.79 bits per heavy atom. The molecule has 10 heteroatoms. The van der Waals surface area contributed by atoms with Crippen molar-refractivity contribution in [1.29, 1.82) is 0 Å². The van der Waals surface area contributed by atoms with Gasteiger partial charge in [-0.05, 0) is 63.3 Å². The van der Waals surface area contributed by atoms with Crippen LogP contribution in [0.25, 0.3) is 0 Å². The van der Waals surface area contributed by atoms with Gasteiger partial charge in [0, 0.05) is 55.7 Å². The zero-order chi connectivity index (χ0) is 26.9. The molecule has 8 nitrogen and oxygen atoms in total. The highest BCUT2D eigenvalue weighted by Gasteiger charge is 2.49. The number of hydrogen-bond acceptors (Lipinski definition) is 8. The summed E-state index contributed by atoms with van der Waals surface area (Å²) >= 11 is 0. The molecule has 210 valence electrons. The molecule has 0 saturated carbocycles. The average Bonchev–Trinajstić information content (AvgIpc) is 3.56. The summed E-state index contributed by atoms with van der Waals surface area (Å²) in [6.07, 6.45) is 3.89. The maximum Gasteiger partial charge on any atom is 0.318 e. The summed E-state index contributed by atoms with van der Waals surface area (Å²) in [4.78, 5) is 14.4. The molecule has 3 unspecified atom stereocenters. The Kier molecular flexibility index (Phi) is 6.20. The van der Waals surface area contributed by atoms with Gasteiger partial charge in [0.2, 0.25) is 0 Å². The number of piperazine rings is 1. The first kappa shape index (κ1) is 25.4. The molecule has 0 radical (unpaired) electrons. The fourth-order valence-electron chi connectivity index (χ4n) is 7.68. The van der Waals surface area contributed by atoms with Crippen molar-refractivity contribution in [3.8, 4) is 6.01 Å². The third kappa shape index (κ3) is 4.35. The fourth-order valence-corrected chi connectivity index (χ4v) is 7.68. The van der Waals surface area contributed by atoms with Crippen LogP contribution in [0.15, 0.2) is 6.07 Å². The third-order valence-corrected chi connectivity index (χ3v) is 9.78. The maximum absolute atomic E-state index is 15.3. The second kappa shape index (κ2) is 9.52. The van der Waals surface area contributed by atoms with Crippen LogP contribution in [0.1, 0.15) is 66.2 Å². The predicted octanol–water partition coefficient (Wildman–Crippen LogP) is 3.52. The van der Waals surface area contributed by atoms with Gasteiger partial charge in [0.15, 0.2) is 5.82 Å². The minimum absolute atomic E-state index is 0.134. The molecule has 5 aliphatic rings. The number of halogens is 2. The quantitative estimate of drug-likeness (QED) is 0.557. The van der Waals surface area contributed by atoms with Gasteiger partial charge in [-0.25, -0.2) is 8.78 Å². The Hall–Kier alpha value is -2.56. The van der Waals surface area contributed by atoms with E-state index in [1.807, 2.05) is 13.8 Å². The van der Waals surface area contributed by atoms with Crippen molar-refractivity contribution in [2.24, 2.45) is 0 Å². The van der Waals surface area contributed by atoms with E-state index in [1.54, 1.807) is 6.07 Å². The lowest BCUT2D eigenvalue weighted by atomic mass is 9.92. The van der Waals surface area contributed by atoms with E-state index in [0.717, 1.165) is 73.5 Å². The monoisotopic (exact) mass is 540 g/mol. The van der Waals surface area contributed by atoms with Crippen molar-refractivity contribution in [1.82, 2.24) is 20.2 Å². The Bertz CT molecular complexity index is 1250. The summed E-state index contributed by atoms with van der Waals surface area (Å²) in [5, 5.41) is 3.68. The van der Waals surface area contributed by atoms with Crippen molar-refractivity contribution in [3.05, 3.63) is 39.8 Å². The first-order chi connectivity index (χ1) is 18.8. The lowest BCUT2D eigenvalue weighted by Gasteiger charge is -2.37. The van der Waals surface area contributed by atoms with Crippen molar-refractivity contribution >= 4 is 11.5 Å². The van der Waals surface area contributed by atoms with Crippen LogP contribution in [-0.2, 0) is 17.8 Å². The van der Waals surface area contributed by atoms with E-state index in [-0.39, 0.29) is 11.2 Å². The number of rotatable bonds is 5. The zero-order valence-corrected chi connectivity index (χ0v) is 22.8. The average molecular weight is 541 g/mol. The topological polar surface area (TPSA) is 88.8 Å². The molecule has 2 bridgehead atoms. The molecule has 3 N–H and O–H groups in total. The summed E-state index contributed by atoms with van der Waals surface area (Å²) in [6.45, 7) is 7.64. The van der Waals surface area contributed by atoms with E-state index in [0.29, 0.717) is 56.3 Å². The van der Waals surface area contributed by atoms with Gasteiger partial charge in [-0.15, -0.1) is 0 Å². The van der Waals surface area contributed by atoms with E-state index in [9.17, 15) is 4.39 Å². The van der Waals surface area contributed by atoms with Crippen molar-refractivity contribution in [3.63, 3.8) is 0 Å². The molecule has 0 aliphatic carbocycles. The minimum atomic E-state index is -0.817. The molecule has 1 aromatic heterocycles. The van der Waals surface area contributed by atoms with Gasteiger partial charge < -0.3 is 25.4 Å². The van der Waals surface area contributed by atoms with Gasteiger partial charge >= 0.3 is 6.01 Å². The molecule has 4 saturated heterocycles. The highest BCUT2D eigenvalue weighted by atomic mass is 19.1. The molecule has 5 aliphatic heterocycles. The summed E-state index contributed by atoms with van der Waals surface area (Å²) in [7, 11) is 0. The standard InChI is InChI=1S/C29H38F2N6O2/c1-16-8-22(32)26(31)25(17(16)2)24-9-23-21(14-38-24)27(36-12-19-4-5-20(13-36)33-19)35-28(34-23)39-15-29-6-3-7-37(29)11-18(30)10-29/h8,18-20,24,33H,3-7,9-15,32H2,1-2H3/t18-,19?,20?,24?,29+/m1/s1. The molecule has 2 aromatic rings. The summed E-state index contributed by atoms with van der Waals surface area (Å²) in [6, 6.07) is 2.87. The number of nitrogens with two attached hydrogens (primary N) is 1. The SMILES string of the molecule is Cc1cc(N)c(F)c(C2Cc3nc(OC[C@@]45CCCN4C[C@H](F)C5)nc(N4CC5CCC(C4)N5)c3CO2)c1C. The number of anilines is 2. The molecule has 7 rings (SSSR count). The molecule has 5 atom stereocenters. The first-order valence-electron chi connectivity index (χ1n) is 14.4. The number of aryl methyl sites for hydroxylation is 1. The van der Waals surface area contributed by atoms with Crippen LogP contribution in [0.5, 0.6) is 6.01 Å². The second-order valence-corrected chi connectivity index (χ2v) is 12.3. The Morgan fingerprint density at radius 2 is 2.00 bits per heavy atom. The van der Waals surface area contributed by atoms with Gasteiger partial charge in [-0.3, -0.25) is 4.90 Å². The van der Waals surface area contributed by atoms with E-state index in [2.05, 4.69) is 15.1 Å². The Balaban J connectivity index is 1.23. The lowest BCUT2D eigenvalue weighted by Crippen LogP contribution is -2.52. The number of fused-ring (bicyclic) bond motifs is 4. The smallest absolute Gasteiger partial charge is 0.318 e. The Labute approximate surface area is 228 Å². The number of alkyl halides is 1. The number of nitrogens with one attached hydrogen (secondary N) is 1. The summed E-state index contributed by atoms with van der Waals surface area (Å²) in [5.41, 5.74) is 9.91. The second-order valence-electron chi connectivity index (χ2n) is 12.3. The van der Waals surface area contributed by atoms with Crippen molar-refractivity contribution in [2.45, 2.75) is 88.9 Å². The Morgan fingerprint density at radius 1 is 1.21 bits per heavy atom. The van der Waals surface area contributed by atoms with E-state index < -0.39 is 18.1 Å². The predicted molar refractivity (Wildman–Crippen MR) is 144 cm³/mol. The van der Waals surface area contributed by atoms with Gasteiger partial charge in [0.25, 0.3) is 0 Å². The molecular formula is C29H38F2N6O2. The number of aromatic nitrogens is 2. The molecule has 0 spiro atoms. The highest BCUT2D eigenvalue weighted by Crippen LogP contribution is 2.42. The molecule has 4 fully saturated rings. The van der Waals surface area contributed by atoms with E-state index >= 15 is 4.39 Å². The lowest BCUT2D eigenvalue weighted by molar-refractivity contribution is 0.0228. The highest BCUT2D eigenvalue weighted by molar-refractivity contribution is 5.54. The molecule has 0 amide bonds. The normalized spacial score (nSPS) is 31.9. The van der Waals surface area contributed by atoms with Crippen LogP contribution in [-0.4, -0.2) is 71.4 Å². The number of nitrogen functional groups attached to an aromatic ring is 1. The van der Waals surface area contributed by atoms with E-state index in [1.165, 1.54) is 0 Å². The van der Waals surface area contributed by atoms with Crippen LogP contribution in [0.4, 0.5) is 20.3 Å². The fraction of sp³-hybridized carbons (Fsp3) is 0.655. The maximum atomic E-state index is 15.3.